The average molecular weight is 197 g/mol. The molecular weight excluding hydrogens is 182 g/mol. The van der Waals surface area contributed by atoms with E-state index in [0.29, 0.717) is 12.0 Å². The van der Waals surface area contributed by atoms with E-state index >= 15 is 0 Å². The quantitative estimate of drug-likeness (QED) is 0.782. The molecule has 0 unspecified atom stereocenters. The lowest BCUT2D eigenvalue weighted by Gasteiger charge is -2.08. The number of nitrogen functional groups attached to an aromatic ring is 1. The zero-order chi connectivity index (χ0) is 9.42. The van der Waals surface area contributed by atoms with Crippen molar-refractivity contribution in [3.05, 3.63) is 5.56 Å². The minimum atomic E-state index is 0.456. The summed E-state index contributed by atoms with van der Waals surface area (Å²) in [5, 5.41) is 4.57. The Balaban J connectivity index is 2.23. The van der Waals surface area contributed by atoms with E-state index in [0.717, 1.165) is 5.82 Å². The molecule has 1 aliphatic carbocycles. The van der Waals surface area contributed by atoms with Crippen molar-refractivity contribution in [1.29, 1.82) is 0 Å². The van der Waals surface area contributed by atoms with E-state index in [1.54, 1.807) is 0 Å². The molecule has 0 aliphatic heterocycles. The summed E-state index contributed by atoms with van der Waals surface area (Å²) in [6, 6.07) is 0.456. The van der Waals surface area contributed by atoms with Crippen molar-refractivity contribution in [3.63, 3.8) is 0 Å². The summed E-state index contributed by atoms with van der Waals surface area (Å²) in [5.74, 6) is 1.41. The highest BCUT2D eigenvalue weighted by Crippen LogP contribution is 2.47. The Labute approximate surface area is 82.5 Å². The molecule has 3 N–H and O–H groups in total. The molecule has 1 saturated carbocycles. The number of nitrogens with two attached hydrogens (primary N) is 1. The Kier molecular flexibility index (Phi) is 2.15. The van der Waals surface area contributed by atoms with Gasteiger partial charge in [0.25, 0.3) is 0 Å². The summed E-state index contributed by atoms with van der Waals surface area (Å²) in [5.41, 5.74) is 7.08. The minimum absolute atomic E-state index is 0.456. The number of rotatable bonds is 3. The molecule has 4 heteroatoms. The van der Waals surface area contributed by atoms with Gasteiger partial charge in [-0.05, 0) is 44.1 Å². The molecule has 0 aromatic carbocycles. The van der Waals surface area contributed by atoms with E-state index in [9.17, 15) is 0 Å². The Morgan fingerprint density at radius 3 is 2.77 bits per heavy atom. The molecule has 0 spiro atoms. The number of nitrogens with zero attached hydrogens (tertiary/aromatic N) is 1. The molecule has 0 radical (unpaired) electrons. The predicted molar refractivity (Wildman–Crippen MR) is 57.3 cm³/mol. The van der Waals surface area contributed by atoms with E-state index < -0.39 is 0 Å². The SMILES string of the molecule is CC(C)Nc1snc(N)c1C1CC1. The summed E-state index contributed by atoms with van der Waals surface area (Å²) in [4.78, 5) is 0. The van der Waals surface area contributed by atoms with Gasteiger partial charge in [-0.3, -0.25) is 0 Å². The first-order chi connectivity index (χ1) is 6.18. The third-order valence-corrected chi connectivity index (χ3v) is 2.97. The van der Waals surface area contributed by atoms with Gasteiger partial charge in [-0.1, -0.05) is 0 Å². The number of hydrogen-bond acceptors (Lipinski definition) is 4. The van der Waals surface area contributed by atoms with Gasteiger partial charge in [0.15, 0.2) is 0 Å². The molecule has 0 atom stereocenters. The highest BCUT2D eigenvalue weighted by atomic mass is 32.1. The highest BCUT2D eigenvalue weighted by Gasteiger charge is 2.30. The van der Waals surface area contributed by atoms with Crippen molar-refractivity contribution in [1.82, 2.24) is 4.37 Å². The topological polar surface area (TPSA) is 50.9 Å². The summed E-state index contributed by atoms with van der Waals surface area (Å²) >= 11 is 1.49. The van der Waals surface area contributed by atoms with Crippen molar-refractivity contribution in [2.75, 3.05) is 11.1 Å². The fourth-order valence-corrected chi connectivity index (χ4v) is 2.39. The molecular formula is C9H15N3S. The van der Waals surface area contributed by atoms with Crippen LogP contribution in [0.15, 0.2) is 0 Å². The molecule has 1 aromatic heterocycles. The number of nitrogens with one attached hydrogen (secondary N) is 1. The molecule has 3 nitrogen and oxygen atoms in total. The van der Waals surface area contributed by atoms with Crippen LogP contribution >= 0.6 is 11.5 Å². The first kappa shape index (κ1) is 8.81. The van der Waals surface area contributed by atoms with Gasteiger partial charge in [-0.25, -0.2) is 0 Å². The lowest BCUT2D eigenvalue weighted by atomic mass is 10.2. The van der Waals surface area contributed by atoms with Gasteiger partial charge in [0, 0.05) is 11.6 Å². The van der Waals surface area contributed by atoms with Crippen molar-refractivity contribution >= 4 is 22.4 Å². The van der Waals surface area contributed by atoms with Gasteiger partial charge >= 0.3 is 0 Å². The molecule has 13 heavy (non-hydrogen) atoms. The number of aromatic nitrogens is 1. The lowest BCUT2D eigenvalue weighted by molar-refractivity contribution is 0.899. The van der Waals surface area contributed by atoms with Gasteiger partial charge in [-0.15, -0.1) is 0 Å². The average Bonchev–Trinajstić information content (AvgIpc) is 2.79. The zero-order valence-electron chi connectivity index (χ0n) is 8.00. The maximum absolute atomic E-state index is 5.82. The van der Waals surface area contributed by atoms with Gasteiger partial charge in [0.05, 0.1) is 0 Å². The third-order valence-electron chi connectivity index (χ3n) is 2.16. The normalized spacial score (nSPS) is 16.5. The molecule has 1 aliphatic rings. The molecule has 0 saturated heterocycles. The van der Waals surface area contributed by atoms with Crippen molar-refractivity contribution in [2.45, 2.75) is 38.6 Å². The van der Waals surface area contributed by atoms with Crippen molar-refractivity contribution < 1.29 is 0 Å². The van der Waals surface area contributed by atoms with E-state index in [1.165, 1.54) is 34.9 Å². The predicted octanol–water partition coefficient (Wildman–Crippen LogP) is 2.42. The summed E-state index contributed by atoms with van der Waals surface area (Å²) in [6.07, 6.45) is 2.55. The van der Waals surface area contributed by atoms with Gasteiger partial charge in [-0.2, -0.15) is 4.37 Å². The second kappa shape index (κ2) is 3.18. The van der Waals surface area contributed by atoms with Crippen LogP contribution in [0.5, 0.6) is 0 Å². The Morgan fingerprint density at radius 2 is 2.23 bits per heavy atom. The molecule has 0 bridgehead atoms. The lowest BCUT2D eigenvalue weighted by Crippen LogP contribution is -2.09. The number of anilines is 2. The standard InChI is InChI=1S/C9H15N3S/c1-5(2)11-9-7(6-3-4-6)8(10)12-13-9/h5-6,11H,3-4H2,1-2H3,(H2,10,12). The molecule has 1 fully saturated rings. The van der Waals surface area contributed by atoms with E-state index in [1.807, 2.05) is 0 Å². The molecule has 1 aromatic rings. The molecule has 0 amide bonds. The van der Waals surface area contributed by atoms with Gasteiger partial charge < -0.3 is 11.1 Å². The molecule has 72 valence electrons. The summed E-state index contributed by atoms with van der Waals surface area (Å²) < 4.78 is 4.19. The van der Waals surface area contributed by atoms with Crippen LogP contribution in [-0.4, -0.2) is 10.4 Å². The van der Waals surface area contributed by atoms with Crippen molar-refractivity contribution in [2.24, 2.45) is 0 Å². The number of hydrogen-bond donors (Lipinski definition) is 2. The highest BCUT2D eigenvalue weighted by molar-refractivity contribution is 7.10. The van der Waals surface area contributed by atoms with Crippen LogP contribution in [0, 0.1) is 0 Å². The Morgan fingerprint density at radius 1 is 1.54 bits per heavy atom. The molecule has 2 rings (SSSR count). The maximum Gasteiger partial charge on any atom is 0.142 e. The Bertz CT molecular complexity index is 302. The molecule has 1 heterocycles. The van der Waals surface area contributed by atoms with Crippen molar-refractivity contribution in [3.8, 4) is 0 Å². The fourth-order valence-electron chi connectivity index (χ4n) is 1.44. The summed E-state index contributed by atoms with van der Waals surface area (Å²) in [7, 11) is 0. The van der Waals surface area contributed by atoms with Crippen LogP contribution in [-0.2, 0) is 0 Å². The summed E-state index contributed by atoms with van der Waals surface area (Å²) in [6.45, 7) is 4.26. The maximum atomic E-state index is 5.82. The fraction of sp³-hybridized carbons (Fsp3) is 0.667. The largest absolute Gasteiger partial charge is 0.383 e. The van der Waals surface area contributed by atoms with Crippen LogP contribution in [0.1, 0.15) is 38.2 Å². The second-order valence-electron chi connectivity index (χ2n) is 3.88. The third kappa shape index (κ3) is 1.77. The smallest absolute Gasteiger partial charge is 0.142 e. The van der Waals surface area contributed by atoms with Crippen LogP contribution in [0.25, 0.3) is 0 Å². The van der Waals surface area contributed by atoms with Gasteiger partial charge in [0.2, 0.25) is 0 Å². The van der Waals surface area contributed by atoms with Crippen LogP contribution in [0.3, 0.4) is 0 Å². The van der Waals surface area contributed by atoms with Crippen LogP contribution in [0.4, 0.5) is 10.8 Å². The van der Waals surface area contributed by atoms with E-state index in [2.05, 4.69) is 23.5 Å². The Hall–Kier alpha value is -0.770. The van der Waals surface area contributed by atoms with Crippen LogP contribution in [0.2, 0.25) is 0 Å². The van der Waals surface area contributed by atoms with E-state index in [4.69, 9.17) is 5.73 Å². The van der Waals surface area contributed by atoms with Crippen LogP contribution < -0.4 is 11.1 Å². The van der Waals surface area contributed by atoms with Gasteiger partial charge in [0.1, 0.15) is 10.8 Å². The zero-order valence-corrected chi connectivity index (χ0v) is 8.82. The minimum Gasteiger partial charge on any atom is -0.383 e. The first-order valence-electron chi connectivity index (χ1n) is 4.70. The van der Waals surface area contributed by atoms with E-state index in [-0.39, 0.29) is 0 Å². The second-order valence-corrected chi connectivity index (χ2v) is 4.66. The first-order valence-corrected chi connectivity index (χ1v) is 5.47. The monoisotopic (exact) mass is 197 g/mol.